The van der Waals surface area contributed by atoms with Crippen molar-refractivity contribution in [1.82, 2.24) is 10.2 Å². The molecule has 1 saturated carbocycles. The van der Waals surface area contributed by atoms with Gasteiger partial charge in [0.2, 0.25) is 5.91 Å². The van der Waals surface area contributed by atoms with Gasteiger partial charge in [0.05, 0.1) is 19.2 Å². The van der Waals surface area contributed by atoms with Crippen LogP contribution in [0.4, 0.5) is 0 Å². The number of nitriles is 1. The van der Waals surface area contributed by atoms with E-state index in [1.54, 1.807) is 0 Å². The van der Waals surface area contributed by atoms with Crippen LogP contribution in [0.15, 0.2) is 24.3 Å². The highest BCUT2D eigenvalue weighted by Gasteiger charge is 2.35. The van der Waals surface area contributed by atoms with Crippen LogP contribution < -0.4 is 10.1 Å². The topological polar surface area (TPSA) is 140 Å². The molecule has 29 heavy (non-hydrogen) atoms. The molecule has 1 aliphatic rings. The second-order valence-electron chi connectivity index (χ2n) is 6.81. The number of nitrogens with zero attached hydrogens (tertiary/aromatic N) is 2. The van der Waals surface area contributed by atoms with Gasteiger partial charge in [-0.3, -0.25) is 9.69 Å². The molecule has 0 heterocycles. The zero-order chi connectivity index (χ0) is 21.9. The summed E-state index contributed by atoms with van der Waals surface area (Å²) in [5.74, 6) is -2.87. The number of ether oxygens (including phenoxy) is 1. The molecule has 0 aromatic heterocycles. The molecule has 0 spiro atoms. The van der Waals surface area contributed by atoms with Gasteiger partial charge < -0.3 is 20.3 Å². The van der Waals surface area contributed by atoms with Crippen LogP contribution in [0.5, 0.6) is 5.75 Å². The molecule has 9 nitrogen and oxygen atoms in total. The van der Waals surface area contributed by atoms with Gasteiger partial charge in [-0.15, -0.1) is 0 Å². The predicted molar refractivity (Wildman–Crippen MR) is 104 cm³/mol. The Bertz CT molecular complexity index is 724. The van der Waals surface area contributed by atoms with Gasteiger partial charge >= 0.3 is 11.9 Å². The monoisotopic (exact) mass is 405 g/mol. The van der Waals surface area contributed by atoms with Crippen molar-refractivity contribution >= 4 is 17.8 Å². The van der Waals surface area contributed by atoms with Crippen LogP contribution in [0, 0.1) is 11.3 Å². The molecule has 0 aliphatic heterocycles. The van der Waals surface area contributed by atoms with E-state index in [9.17, 15) is 10.1 Å². The molecule has 0 unspecified atom stereocenters. The fourth-order valence-corrected chi connectivity index (χ4v) is 3.02. The number of amides is 1. The Kier molecular flexibility index (Phi) is 9.62. The van der Waals surface area contributed by atoms with Crippen LogP contribution in [-0.2, 0) is 20.9 Å². The third kappa shape index (κ3) is 8.62. The number of benzene rings is 1. The number of carboxylic acids is 2. The molecule has 1 aromatic carbocycles. The number of likely N-dealkylation sites (N-methyl/N-ethyl adjacent to an activating group) is 1. The van der Waals surface area contributed by atoms with Crippen LogP contribution in [0.2, 0.25) is 0 Å². The second kappa shape index (κ2) is 11.7. The number of carbonyl (C=O) groups is 3. The summed E-state index contributed by atoms with van der Waals surface area (Å²) in [4.78, 5) is 32.3. The van der Waals surface area contributed by atoms with Crippen molar-refractivity contribution in [3.8, 4) is 11.8 Å². The highest BCUT2D eigenvalue weighted by Crippen LogP contribution is 2.28. The van der Waals surface area contributed by atoms with E-state index in [1.807, 2.05) is 43.1 Å². The van der Waals surface area contributed by atoms with Crippen molar-refractivity contribution in [2.75, 3.05) is 20.2 Å². The molecule has 0 saturated heterocycles. The summed E-state index contributed by atoms with van der Waals surface area (Å²) in [5.41, 5.74) is 0.483. The zero-order valence-corrected chi connectivity index (χ0v) is 16.7. The molecule has 0 atom stereocenters. The summed E-state index contributed by atoms with van der Waals surface area (Å²) in [6.07, 6.45) is 3.54. The SMILES string of the molecule is CCOc1ccc(CN(C)CC(=O)NC2(C#N)CCCC2)cc1.O=C(O)C(=O)O. The van der Waals surface area contributed by atoms with Gasteiger partial charge in [-0.2, -0.15) is 5.26 Å². The summed E-state index contributed by atoms with van der Waals surface area (Å²) < 4.78 is 5.42. The van der Waals surface area contributed by atoms with Crippen molar-refractivity contribution in [3.63, 3.8) is 0 Å². The van der Waals surface area contributed by atoms with E-state index in [-0.39, 0.29) is 12.5 Å². The van der Waals surface area contributed by atoms with Crippen LogP contribution in [0.25, 0.3) is 0 Å². The third-order valence-corrected chi connectivity index (χ3v) is 4.33. The van der Waals surface area contributed by atoms with E-state index >= 15 is 0 Å². The Hall–Kier alpha value is -3.12. The number of rotatable bonds is 7. The smallest absolute Gasteiger partial charge is 0.414 e. The molecular weight excluding hydrogens is 378 g/mol. The average Bonchev–Trinajstić information content (AvgIpc) is 3.12. The van der Waals surface area contributed by atoms with Crippen LogP contribution in [-0.4, -0.2) is 58.7 Å². The van der Waals surface area contributed by atoms with Gasteiger partial charge in [0.1, 0.15) is 11.3 Å². The van der Waals surface area contributed by atoms with E-state index < -0.39 is 17.5 Å². The lowest BCUT2D eigenvalue weighted by Gasteiger charge is -2.24. The molecular formula is C20H27N3O6. The largest absolute Gasteiger partial charge is 0.494 e. The number of aliphatic carboxylic acids is 2. The highest BCUT2D eigenvalue weighted by molar-refractivity contribution is 6.27. The first kappa shape index (κ1) is 23.9. The Balaban J connectivity index is 0.000000612. The predicted octanol–water partition coefficient (Wildman–Crippen LogP) is 1.63. The molecule has 1 amide bonds. The van der Waals surface area contributed by atoms with Crippen LogP contribution in [0.3, 0.4) is 0 Å². The van der Waals surface area contributed by atoms with Crippen LogP contribution >= 0.6 is 0 Å². The van der Waals surface area contributed by atoms with Gasteiger partial charge in [0.15, 0.2) is 0 Å². The summed E-state index contributed by atoms with van der Waals surface area (Å²) in [7, 11) is 1.91. The van der Waals surface area contributed by atoms with E-state index in [1.165, 1.54) is 0 Å². The Morgan fingerprint density at radius 2 is 1.72 bits per heavy atom. The van der Waals surface area contributed by atoms with Gasteiger partial charge in [-0.1, -0.05) is 12.1 Å². The summed E-state index contributed by atoms with van der Waals surface area (Å²) in [6, 6.07) is 10.2. The molecule has 0 radical (unpaired) electrons. The van der Waals surface area contributed by atoms with Crippen molar-refractivity contribution in [1.29, 1.82) is 5.26 Å². The lowest BCUT2D eigenvalue weighted by atomic mass is 10.00. The third-order valence-electron chi connectivity index (χ3n) is 4.33. The minimum absolute atomic E-state index is 0.0816. The van der Waals surface area contributed by atoms with E-state index in [2.05, 4.69) is 11.4 Å². The van der Waals surface area contributed by atoms with E-state index in [4.69, 9.17) is 24.5 Å². The van der Waals surface area contributed by atoms with Crippen molar-refractivity contribution in [2.24, 2.45) is 0 Å². The molecule has 2 rings (SSSR count). The molecule has 1 aromatic rings. The lowest BCUT2D eigenvalue weighted by Crippen LogP contribution is -2.48. The lowest BCUT2D eigenvalue weighted by molar-refractivity contribution is -0.159. The first-order chi connectivity index (χ1) is 13.7. The first-order valence-electron chi connectivity index (χ1n) is 9.30. The minimum atomic E-state index is -1.82. The molecule has 9 heteroatoms. The van der Waals surface area contributed by atoms with Gasteiger partial charge in [-0.05, 0) is 57.4 Å². The van der Waals surface area contributed by atoms with Crippen molar-refractivity contribution < 1.29 is 29.3 Å². The Labute approximate surface area is 169 Å². The highest BCUT2D eigenvalue weighted by atomic mass is 16.5. The maximum absolute atomic E-state index is 12.2. The fraction of sp³-hybridized carbons (Fsp3) is 0.500. The number of carboxylic acid groups (broad SMARTS) is 2. The van der Waals surface area contributed by atoms with Gasteiger partial charge in [-0.25, -0.2) is 9.59 Å². The Morgan fingerprint density at radius 1 is 1.17 bits per heavy atom. The number of nitrogens with one attached hydrogen (secondary N) is 1. The quantitative estimate of drug-likeness (QED) is 0.582. The minimum Gasteiger partial charge on any atom is -0.494 e. The second-order valence-corrected chi connectivity index (χ2v) is 6.81. The number of hydrogen-bond donors (Lipinski definition) is 3. The normalized spacial score (nSPS) is 14.3. The first-order valence-corrected chi connectivity index (χ1v) is 9.30. The van der Waals surface area contributed by atoms with E-state index in [0.717, 1.165) is 37.0 Å². The number of carbonyl (C=O) groups excluding carboxylic acids is 1. The fourth-order valence-electron chi connectivity index (χ4n) is 3.02. The van der Waals surface area contributed by atoms with Gasteiger partial charge in [0, 0.05) is 6.54 Å². The maximum atomic E-state index is 12.2. The zero-order valence-electron chi connectivity index (χ0n) is 16.7. The summed E-state index contributed by atoms with van der Waals surface area (Å²) in [5, 5.41) is 27.0. The van der Waals surface area contributed by atoms with Crippen LogP contribution in [0.1, 0.15) is 38.2 Å². The number of hydrogen-bond acceptors (Lipinski definition) is 6. The maximum Gasteiger partial charge on any atom is 0.414 e. The van der Waals surface area contributed by atoms with Gasteiger partial charge in [0.25, 0.3) is 0 Å². The standard InChI is InChI=1S/C18H25N3O2.C2H2O4/c1-3-23-16-8-6-15(7-9-16)12-21(2)13-17(22)20-18(14-19)10-4-5-11-18;3-1(4)2(5)6/h6-9H,3-5,10-13H2,1-2H3,(H,20,22);(H,3,4)(H,5,6). The molecule has 158 valence electrons. The average molecular weight is 405 g/mol. The Morgan fingerprint density at radius 3 is 2.17 bits per heavy atom. The molecule has 1 fully saturated rings. The van der Waals surface area contributed by atoms with Crippen molar-refractivity contribution in [2.45, 2.75) is 44.7 Å². The van der Waals surface area contributed by atoms with Crippen molar-refractivity contribution in [3.05, 3.63) is 29.8 Å². The molecule has 3 N–H and O–H groups in total. The summed E-state index contributed by atoms with van der Waals surface area (Å²) >= 11 is 0. The molecule has 1 aliphatic carbocycles. The summed E-state index contributed by atoms with van der Waals surface area (Å²) in [6.45, 7) is 3.58. The van der Waals surface area contributed by atoms with E-state index in [0.29, 0.717) is 13.2 Å². The molecule has 0 bridgehead atoms.